The minimum absolute atomic E-state index is 0.152. The van der Waals surface area contributed by atoms with Gasteiger partial charge < -0.3 is 10.2 Å². The number of alkyl halides is 5. The summed E-state index contributed by atoms with van der Waals surface area (Å²) < 4.78 is 67.3. The van der Waals surface area contributed by atoms with E-state index in [0.717, 1.165) is 10.5 Å². The van der Waals surface area contributed by atoms with Gasteiger partial charge in [0.05, 0.1) is 29.2 Å². The number of halogens is 5. The molecule has 2 aromatic heterocycles. The smallest absolute Gasteiger partial charge is 0.352 e. The molecule has 1 fully saturated rings. The molecule has 4 rings (SSSR count). The molecule has 33 heavy (non-hydrogen) atoms. The molecule has 8 nitrogen and oxygen atoms in total. The van der Waals surface area contributed by atoms with E-state index in [9.17, 15) is 26.7 Å². The van der Waals surface area contributed by atoms with Crippen LogP contribution in [-0.4, -0.2) is 60.8 Å². The largest absolute Gasteiger partial charge is 0.419 e. The molecule has 13 heteroatoms. The van der Waals surface area contributed by atoms with E-state index in [4.69, 9.17) is 0 Å². The van der Waals surface area contributed by atoms with Crippen LogP contribution in [0.4, 0.5) is 27.9 Å². The van der Waals surface area contributed by atoms with Crippen molar-refractivity contribution in [3.63, 3.8) is 0 Å². The van der Waals surface area contributed by atoms with Gasteiger partial charge in [0.2, 0.25) is 5.95 Å². The molecule has 1 aliphatic rings. The van der Waals surface area contributed by atoms with Crippen LogP contribution in [0.15, 0.2) is 43.0 Å². The van der Waals surface area contributed by atoms with E-state index < -0.39 is 42.6 Å². The molecule has 0 bridgehead atoms. The van der Waals surface area contributed by atoms with Crippen molar-refractivity contribution in [2.24, 2.45) is 0 Å². The van der Waals surface area contributed by atoms with Crippen LogP contribution in [0.25, 0.3) is 5.69 Å². The Hall–Kier alpha value is -3.64. The highest BCUT2D eigenvalue weighted by atomic mass is 19.4. The summed E-state index contributed by atoms with van der Waals surface area (Å²) in [5.41, 5.74) is 0.173. The number of carbonyl (C=O) groups is 1. The lowest BCUT2D eigenvalue weighted by Crippen LogP contribution is -2.47. The zero-order valence-corrected chi connectivity index (χ0v) is 17.2. The predicted molar refractivity (Wildman–Crippen MR) is 106 cm³/mol. The summed E-state index contributed by atoms with van der Waals surface area (Å²) in [5, 5.41) is 10.5. The topological polar surface area (TPSA) is 88.8 Å². The maximum atomic E-state index is 14.7. The second-order valence-electron chi connectivity index (χ2n) is 7.54. The standard InChI is InChI=1S/C20H18F5N7O/c1-12-2-3-15(32-29-5-6-30-32)14(8-12)17(33)31-7-4-19(21,22)16(31)11-28-18-26-9-13(10-27-18)20(23,24)25/h2-3,5-6,8-10,16H,4,7,11H2,1H3,(H,26,27,28)/t16-/m1/s1. The third-order valence-corrected chi connectivity index (χ3v) is 5.26. The molecule has 0 spiro atoms. The Morgan fingerprint density at radius 1 is 1.18 bits per heavy atom. The predicted octanol–water partition coefficient (Wildman–Crippen LogP) is 3.35. The molecular formula is C20H18F5N7O. The fourth-order valence-electron chi connectivity index (χ4n) is 3.57. The van der Waals surface area contributed by atoms with Crippen LogP contribution in [0.3, 0.4) is 0 Å². The van der Waals surface area contributed by atoms with Gasteiger partial charge in [-0.3, -0.25) is 4.79 Å². The number of aromatic nitrogens is 5. The van der Waals surface area contributed by atoms with Gasteiger partial charge in [0, 0.05) is 31.9 Å². The molecule has 1 aliphatic heterocycles. The minimum atomic E-state index is -4.62. The van der Waals surface area contributed by atoms with E-state index in [1.165, 1.54) is 17.2 Å². The summed E-state index contributed by atoms with van der Waals surface area (Å²) in [6.07, 6.45) is -1.21. The number of likely N-dealkylation sites (tertiary alicyclic amines) is 1. The molecule has 1 saturated heterocycles. The average molecular weight is 467 g/mol. The second kappa shape index (κ2) is 8.37. The van der Waals surface area contributed by atoms with Gasteiger partial charge in [-0.2, -0.15) is 28.2 Å². The van der Waals surface area contributed by atoms with Gasteiger partial charge in [0.15, 0.2) is 0 Å². The SMILES string of the molecule is Cc1ccc(-n2nccn2)c(C(=O)N2CCC(F)(F)[C@H]2CNc2ncc(C(F)(F)F)cn2)c1. The number of aryl methyl sites for hydroxylation is 1. The van der Waals surface area contributed by atoms with Crippen molar-refractivity contribution in [1.82, 2.24) is 29.9 Å². The Morgan fingerprint density at radius 3 is 2.48 bits per heavy atom. The van der Waals surface area contributed by atoms with Gasteiger partial charge in [0.1, 0.15) is 6.04 Å². The molecule has 1 amide bonds. The van der Waals surface area contributed by atoms with E-state index in [1.54, 1.807) is 25.1 Å². The summed E-state index contributed by atoms with van der Waals surface area (Å²) in [7, 11) is 0. The molecule has 3 heterocycles. The molecule has 174 valence electrons. The van der Waals surface area contributed by atoms with Crippen molar-refractivity contribution in [2.75, 3.05) is 18.4 Å². The van der Waals surface area contributed by atoms with E-state index in [0.29, 0.717) is 18.1 Å². The highest BCUT2D eigenvalue weighted by molar-refractivity contribution is 5.98. The second-order valence-corrected chi connectivity index (χ2v) is 7.54. The van der Waals surface area contributed by atoms with Crippen molar-refractivity contribution < 1.29 is 26.7 Å². The number of rotatable bonds is 5. The molecular weight excluding hydrogens is 449 g/mol. The summed E-state index contributed by atoms with van der Waals surface area (Å²) in [5.74, 6) is -4.11. The Morgan fingerprint density at radius 2 is 1.85 bits per heavy atom. The zero-order valence-electron chi connectivity index (χ0n) is 17.2. The van der Waals surface area contributed by atoms with Crippen LogP contribution in [-0.2, 0) is 6.18 Å². The monoisotopic (exact) mass is 467 g/mol. The molecule has 1 N–H and O–H groups in total. The molecule has 1 atom stereocenters. The van der Waals surface area contributed by atoms with Crippen LogP contribution in [0, 0.1) is 6.92 Å². The van der Waals surface area contributed by atoms with Gasteiger partial charge in [-0.25, -0.2) is 18.7 Å². The number of benzene rings is 1. The minimum Gasteiger partial charge on any atom is -0.352 e. The number of nitrogens with one attached hydrogen (secondary N) is 1. The van der Waals surface area contributed by atoms with Crippen molar-refractivity contribution in [3.05, 3.63) is 59.7 Å². The Kier molecular flexibility index (Phi) is 5.72. The highest BCUT2D eigenvalue weighted by Crippen LogP contribution is 2.36. The van der Waals surface area contributed by atoms with Gasteiger partial charge in [-0.1, -0.05) is 11.6 Å². The van der Waals surface area contributed by atoms with Crippen molar-refractivity contribution in [3.8, 4) is 5.69 Å². The van der Waals surface area contributed by atoms with Gasteiger partial charge in [-0.15, -0.1) is 0 Å². The first kappa shape index (κ1) is 22.6. The quantitative estimate of drug-likeness (QED) is 0.579. The lowest BCUT2D eigenvalue weighted by molar-refractivity contribution is -0.138. The van der Waals surface area contributed by atoms with E-state index in [-0.39, 0.29) is 18.1 Å². The fourth-order valence-corrected chi connectivity index (χ4v) is 3.57. The Balaban J connectivity index is 1.57. The summed E-state index contributed by atoms with van der Waals surface area (Å²) in [6, 6.07) is 3.38. The van der Waals surface area contributed by atoms with Crippen LogP contribution >= 0.6 is 0 Å². The Bertz CT molecular complexity index is 1130. The van der Waals surface area contributed by atoms with Crippen molar-refractivity contribution in [2.45, 2.75) is 31.5 Å². The number of hydrogen-bond donors (Lipinski definition) is 1. The maximum absolute atomic E-state index is 14.7. The zero-order chi connectivity index (χ0) is 23.8. The molecule has 3 aromatic rings. The van der Waals surface area contributed by atoms with Crippen LogP contribution in [0.5, 0.6) is 0 Å². The number of carbonyl (C=O) groups excluding carboxylic acids is 1. The average Bonchev–Trinajstić information content (AvgIpc) is 3.39. The molecule has 0 radical (unpaired) electrons. The van der Waals surface area contributed by atoms with E-state index in [1.807, 2.05) is 0 Å². The van der Waals surface area contributed by atoms with Gasteiger partial charge >= 0.3 is 6.18 Å². The van der Waals surface area contributed by atoms with Gasteiger partial charge in [0.25, 0.3) is 11.8 Å². The molecule has 0 aliphatic carbocycles. The van der Waals surface area contributed by atoms with E-state index in [2.05, 4.69) is 25.5 Å². The number of amides is 1. The fraction of sp³-hybridized carbons (Fsp3) is 0.350. The van der Waals surface area contributed by atoms with Gasteiger partial charge in [-0.05, 0) is 19.1 Å². The lowest BCUT2D eigenvalue weighted by atomic mass is 10.1. The third kappa shape index (κ3) is 4.61. The molecule has 0 unspecified atom stereocenters. The maximum Gasteiger partial charge on any atom is 0.419 e. The molecule has 0 saturated carbocycles. The van der Waals surface area contributed by atoms with Crippen LogP contribution in [0.2, 0.25) is 0 Å². The van der Waals surface area contributed by atoms with E-state index >= 15 is 0 Å². The number of nitrogens with zero attached hydrogens (tertiary/aromatic N) is 6. The first-order valence-corrected chi connectivity index (χ1v) is 9.85. The first-order chi connectivity index (χ1) is 15.6. The first-order valence-electron chi connectivity index (χ1n) is 9.85. The summed E-state index contributed by atoms with van der Waals surface area (Å²) in [4.78, 5) is 22.6. The van der Waals surface area contributed by atoms with Crippen LogP contribution in [0.1, 0.15) is 27.9 Å². The summed E-state index contributed by atoms with van der Waals surface area (Å²) in [6.45, 7) is 1.11. The third-order valence-electron chi connectivity index (χ3n) is 5.26. The number of anilines is 1. The summed E-state index contributed by atoms with van der Waals surface area (Å²) >= 11 is 0. The highest BCUT2D eigenvalue weighted by Gasteiger charge is 2.51. The molecule has 1 aromatic carbocycles. The van der Waals surface area contributed by atoms with Crippen molar-refractivity contribution in [1.29, 1.82) is 0 Å². The normalized spacial score (nSPS) is 17.9. The number of hydrogen-bond acceptors (Lipinski definition) is 6. The van der Waals surface area contributed by atoms with Crippen LogP contribution < -0.4 is 5.32 Å². The Labute approximate surface area is 184 Å². The van der Waals surface area contributed by atoms with Crippen molar-refractivity contribution >= 4 is 11.9 Å². The lowest BCUT2D eigenvalue weighted by Gasteiger charge is -2.28.